The third-order valence-corrected chi connectivity index (χ3v) is 2.58. The number of nitrogens with two attached hydrogens (primary N) is 1. The first-order valence-electron chi connectivity index (χ1n) is 4.96. The minimum atomic E-state index is 0.721. The summed E-state index contributed by atoms with van der Waals surface area (Å²) in [5.41, 5.74) is 9.65. The van der Waals surface area contributed by atoms with Crippen molar-refractivity contribution in [2.45, 2.75) is 0 Å². The Kier molecular flexibility index (Phi) is 1.73. The van der Waals surface area contributed by atoms with Crippen LogP contribution in [-0.4, -0.2) is 19.4 Å². The zero-order chi connectivity index (χ0) is 11.1. The molecule has 5 nitrogen and oxygen atoms in total. The van der Waals surface area contributed by atoms with Crippen LogP contribution in [0.15, 0.2) is 36.9 Å². The monoisotopic (exact) mass is 213 g/mol. The first-order chi connectivity index (χ1) is 7.74. The van der Waals surface area contributed by atoms with Crippen molar-refractivity contribution in [1.82, 2.24) is 19.4 Å². The molecular formula is C11H11N5. The molecule has 3 rings (SSSR count). The molecule has 0 spiro atoms. The number of aromatic nitrogens is 4. The number of anilines is 1. The minimum absolute atomic E-state index is 0.721. The van der Waals surface area contributed by atoms with Crippen LogP contribution in [0.2, 0.25) is 0 Å². The quantitative estimate of drug-likeness (QED) is 0.663. The highest BCUT2D eigenvalue weighted by molar-refractivity contribution is 5.76. The van der Waals surface area contributed by atoms with Gasteiger partial charge in [-0.05, 0) is 12.1 Å². The van der Waals surface area contributed by atoms with Crippen LogP contribution in [-0.2, 0) is 7.05 Å². The molecule has 0 radical (unpaired) electrons. The molecule has 3 aromatic heterocycles. The second-order valence-electron chi connectivity index (χ2n) is 3.75. The fourth-order valence-corrected chi connectivity index (χ4v) is 1.78. The summed E-state index contributed by atoms with van der Waals surface area (Å²) < 4.78 is 3.54. The van der Waals surface area contributed by atoms with Crippen molar-refractivity contribution in [1.29, 1.82) is 0 Å². The van der Waals surface area contributed by atoms with Crippen molar-refractivity contribution in [3.63, 3.8) is 0 Å². The Labute approximate surface area is 92.1 Å². The summed E-state index contributed by atoms with van der Waals surface area (Å²) in [7, 11) is 1.89. The SMILES string of the molecule is Cn1cc(-c2cc(N)c3ccnn3c2)cn1. The molecule has 80 valence electrons. The number of rotatable bonds is 1. The highest BCUT2D eigenvalue weighted by atomic mass is 15.2. The first-order valence-corrected chi connectivity index (χ1v) is 4.96. The van der Waals surface area contributed by atoms with Gasteiger partial charge in [0.2, 0.25) is 0 Å². The van der Waals surface area contributed by atoms with Crippen LogP contribution in [0, 0.1) is 0 Å². The van der Waals surface area contributed by atoms with Crippen molar-refractivity contribution >= 4 is 11.2 Å². The van der Waals surface area contributed by atoms with Gasteiger partial charge in [-0.1, -0.05) is 0 Å². The van der Waals surface area contributed by atoms with E-state index >= 15 is 0 Å². The van der Waals surface area contributed by atoms with E-state index in [0.717, 1.165) is 22.3 Å². The molecular weight excluding hydrogens is 202 g/mol. The second-order valence-corrected chi connectivity index (χ2v) is 3.75. The van der Waals surface area contributed by atoms with Gasteiger partial charge in [-0.2, -0.15) is 10.2 Å². The summed E-state index contributed by atoms with van der Waals surface area (Å²) in [5, 5.41) is 8.32. The summed E-state index contributed by atoms with van der Waals surface area (Å²) in [6, 6.07) is 3.83. The van der Waals surface area contributed by atoms with Crippen LogP contribution >= 0.6 is 0 Å². The maximum absolute atomic E-state index is 5.96. The summed E-state index contributed by atoms with van der Waals surface area (Å²) in [4.78, 5) is 0. The fourth-order valence-electron chi connectivity index (χ4n) is 1.78. The Balaban J connectivity index is 2.24. The van der Waals surface area contributed by atoms with Gasteiger partial charge in [-0.3, -0.25) is 4.68 Å². The Morgan fingerprint density at radius 1 is 1.19 bits per heavy atom. The Morgan fingerprint density at radius 2 is 2.06 bits per heavy atom. The molecule has 16 heavy (non-hydrogen) atoms. The lowest BCUT2D eigenvalue weighted by Crippen LogP contribution is -1.94. The van der Waals surface area contributed by atoms with E-state index in [4.69, 9.17) is 5.73 Å². The van der Waals surface area contributed by atoms with Crippen molar-refractivity contribution in [3.8, 4) is 11.1 Å². The second kappa shape index (κ2) is 3.10. The number of nitrogens with zero attached hydrogens (tertiary/aromatic N) is 4. The molecule has 3 heterocycles. The lowest BCUT2D eigenvalue weighted by Gasteiger charge is -2.02. The van der Waals surface area contributed by atoms with Crippen molar-refractivity contribution < 1.29 is 0 Å². The van der Waals surface area contributed by atoms with Gasteiger partial charge in [0.25, 0.3) is 0 Å². The number of aryl methyl sites for hydroxylation is 1. The molecule has 0 atom stereocenters. The highest BCUT2D eigenvalue weighted by Gasteiger charge is 2.05. The number of fused-ring (bicyclic) bond motifs is 1. The maximum atomic E-state index is 5.96. The standard InChI is InChI=1S/C11H11N5/c1-15-6-9(5-14-15)8-4-10(12)11-2-3-13-16(11)7-8/h2-7H,12H2,1H3. The number of nitrogen functional groups attached to an aromatic ring is 1. The molecule has 0 saturated heterocycles. The Morgan fingerprint density at radius 3 is 2.81 bits per heavy atom. The van der Waals surface area contributed by atoms with Crippen LogP contribution in [0.5, 0.6) is 0 Å². The number of hydrogen-bond donors (Lipinski definition) is 1. The summed E-state index contributed by atoms with van der Waals surface area (Å²) in [6.45, 7) is 0. The molecule has 0 unspecified atom stereocenters. The number of pyridine rings is 1. The Bertz CT molecular complexity index is 649. The van der Waals surface area contributed by atoms with Gasteiger partial charge >= 0.3 is 0 Å². The van der Waals surface area contributed by atoms with Crippen molar-refractivity contribution in [2.24, 2.45) is 7.05 Å². The van der Waals surface area contributed by atoms with E-state index < -0.39 is 0 Å². The van der Waals surface area contributed by atoms with Gasteiger partial charge in [0.15, 0.2) is 0 Å². The van der Waals surface area contributed by atoms with Crippen molar-refractivity contribution in [3.05, 3.63) is 36.9 Å². The average Bonchev–Trinajstić information content (AvgIpc) is 2.85. The van der Waals surface area contributed by atoms with Crippen LogP contribution in [0.1, 0.15) is 0 Å². The zero-order valence-corrected chi connectivity index (χ0v) is 8.83. The van der Waals surface area contributed by atoms with E-state index in [0.29, 0.717) is 0 Å². The predicted molar refractivity (Wildman–Crippen MR) is 61.8 cm³/mol. The topological polar surface area (TPSA) is 61.1 Å². The summed E-state index contributed by atoms with van der Waals surface area (Å²) in [6.07, 6.45) is 7.44. The van der Waals surface area contributed by atoms with E-state index in [9.17, 15) is 0 Å². The molecule has 0 saturated carbocycles. The summed E-state index contributed by atoms with van der Waals surface area (Å²) >= 11 is 0. The predicted octanol–water partition coefficient (Wildman–Crippen LogP) is 1.32. The lowest BCUT2D eigenvalue weighted by molar-refractivity contribution is 0.768. The molecule has 0 aliphatic heterocycles. The van der Waals surface area contributed by atoms with E-state index in [1.807, 2.05) is 37.8 Å². The van der Waals surface area contributed by atoms with Gasteiger partial charge in [-0.25, -0.2) is 4.52 Å². The molecule has 0 aliphatic rings. The smallest absolute Gasteiger partial charge is 0.0891 e. The largest absolute Gasteiger partial charge is 0.397 e. The van der Waals surface area contributed by atoms with Crippen LogP contribution in [0.25, 0.3) is 16.6 Å². The average molecular weight is 213 g/mol. The molecule has 3 aromatic rings. The van der Waals surface area contributed by atoms with Crippen LogP contribution in [0.3, 0.4) is 0 Å². The summed E-state index contributed by atoms with van der Waals surface area (Å²) in [5.74, 6) is 0. The van der Waals surface area contributed by atoms with Gasteiger partial charge < -0.3 is 5.73 Å². The van der Waals surface area contributed by atoms with E-state index in [2.05, 4.69) is 10.2 Å². The molecule has 0 aromatic carbocycles. The van der Waals surface area contributed by atoms with Gasteiger partial charge in [0.1, 0.15) is 0 Å². The van der Waals surface area contributed by atoms with Gasteiger partial charge in [0.05, 0.1) is 23.6 Å². The third-order valence-electron chi connectivity index (χ3n) is 2.58. The van der Waals surface area contributed by atoms with Gasteiger partial charge in [0, 0.05) is 30.6 Å². The van der Waals surface area contributed by atoms with Gasteiger partial charge in [-0.15, -0.1) is 0 Å². The molecule has 2 N–H and O–H groups in total. The fraction of sp³-hybridized carbons (Fsp3) is 0.0909. The normalized spacial score (nSPS) is 11.1. The Hall–Kier alpha value is -2.30. The minimum Gasteiger partial charge on any atom is -0.397 e. The van der Waals surface area contributed by atoms with E-state index in [1.165, 1.54) is 0 Å². The molecule has 5 heteroatoms. The van der Waals surface area contributed by atoms with E-state index in [1.54, 1.807) is 15.4 Å². The molecule has 0 fully saturated rings. The first kappa shape index (κ1) is 8.96. The molecule has 0 aliphatic carbocycles. The molecule has 0 bridgehead atoms. The third kappa shape index (κ3) is 1.25. The van der Waals surface area contributed by atoms with Crippen molar-refractivity contribution in [2.75, 3.05) is 5.73 Å². The van der Waals surface area contributed by atoms with E-state index in [-0.39, 0.29) is 0 Å². The number of hydrogen-bond acceptors (Lipinski definition) is 3. The van der Waals surface area contributed by atoms with Crippen LogP contribution in [0.4, 0.5) is 5.69 Å². The van der Waals surface area contributed by atoms with Crippen LogP contribution < -0.4 is 5.73 Å². The highest BCUT2D eigenvalue weighted by Crippen LogP contribution is 2.23. The maximum Gasteiger partial charge on any atom is 0.0891 e. The lowest BCUT2D eigenvalue weighted by atomic mass is 10.1. The molecule has 0 amide bonds. The zero-order valence-electron chi connectivity index (χ0n) is 8.83.